The molecule has 0 radical (unpaired) electrons. The molecule has 2 N–H and O–H groups in total. The number of nitrogens with zero attached hydrogens (tertiary/aromatic N) is 2. The van der Waals surface area contributed by atoms with E-state index in [1.54, 1.807) is 6.07 Å². The molecular weight excluding hydrogens is 424 g/mol. The number of nitriles is 1. The lowest BCUT2D eigenvalue weighted by atomic mass is 9.96. The van der Waals surface area contributed by atoms with Gasteiger partial charge in [0.2, 0.25) is 0 Å². The summed E-state index contributed by atoms with van der Waals surface area (Å²) in [6, 6.07) is 15.6. The summed E-state index contributed by atoms with van der Waals surface area (Å²) in [6.45, 7) is 6.26. The average molecular weight is 451 g/mol. The molecule has 3 atom stereocenters. The van der Waals surface area contributed by atoms with Gasteiger partial charge in [-0.3, -0.25) is 4.79 Å². The summed E-state index contributed by atoms with van der Waals surface area (Å²) >= 11 is 1.37. The summed E-state index contributed by atoms with van der Waals surface area (Å²) in [5.74, 6) is -1.81. The van der Waals surface area contributed by atoms with E-state index < -0.39 is 17.2 Å². The highest BCUT2D eigenvalue weighted by molar-refractivity contribution is 8.00. The number of carboxylic acids is 2. The first-order chi connectivity index (χ1) is 15.3. The van der Waals surface area contributed by atoms with Crippen LogP contribution >= 0.6 is 11.8 Å². The van der Waals surface area contributed by atoms with Gasteiger partial charge in [-0.1, -0.05) is 26.3 Å². The Morgan fingerprint density at radius 1 is 1.19 bits per heavy atom. The summed E-state index contributed by atoms with van der Waals surface area (Å²) < 4.78 is 0. The second-order valence-corrected chi connectivity index (χ2v) is 9.20. The van der Waals surface area contributed by atoms with Gasteiger partial charge in [0.05, 0.1) is 0 Å². The molecule has 2 aromatic carbocycles. The topological polar surface area (TPSA) is 102 Å². The predicted octanol–water partition coefficient (Wildman–Crippen LogP) is 5.67. The summed E-state index contributed by atoms with van der Waals surface area (Å²) in [4.78, 5) is 25.8. The van der Waals surface area contributed by atoms with Crippen LogP contribution in [0.3, 0.4) is 0 Å². The van der Waals surface area contributed by atoms with Gasteiger partial charge in [-0.25, -0.2) is 4.79 Å². The minimum atomic E-state index is -1.24. The molecule has 0 bridgehead atoms. The lowest BCUT2D eigenvalue weighted by Gasteiger charge is -2.27. The maximum absolute atomic E-state index is 11.5. The Balaban J connectivity index is 1.88. The van der Waals surface area contributed by atoms with Crippen molar-refractivity contribution >= 4 is 41.2 Å². The summed E-state index contributed by atoms with van der Waals surface area (Å²) in [6.07, 6.45) is 2.84. The van der Waals surface area contributed by atoms with Crippen molar-refractivity contribution in [2.75, 3.05) is 4.90 Å². The van der Waals surface area contributed by atoms with Gasteiger partial charge < -0.3 is 15.1 Å². The smallest absolute Gasteiger partial charge is 0.346 e. The second-order valence-electron chi connectivity index (χ2n) is 7.92. The molecular formula is C25H26N2O4S. The van der Waals surface area contributed by atoms with Crippen LogP contribution in [0.5, 0.6) is 0 Å². The molecule has 0 spiro atoms. The van der Waals surface area contributed by atoms with Crippen molar-refractivity contribution in [3.05, 3.63) is 59.2 Å². The lowest BCUT2D eigenvalue weighted by molar-refractivity contribution is -0.136. The third kappa shape index (κ3) is 4.81. The van der Waals surface area contributed by atoms with Crippen molar-refractivity contribution < 1.29 is 19.8 Å². The van der Waals surface area contributed by atoms with Crippen molar-refractivity contribution in [2.24, 2.45) is 0 Å². The van der Waals surface area contributed by atoms with Gasteiger partial charge in [-0.05, 0) is 66.9 Å². The molecule has 1 aliphatic heterocycles. The van der Waals surface area contributed by atoms with Crippen LogP contribution in [-0.4, -0.2) is 33.4 Å². The largest absolute Gasteiger partial charge is 0.480 e. The highest BCUT2D eigenvalue weighted by atomic mass is 32.2. The highest BCUT2D eigenvalue weighted by Gasteiger charge is 2.33. The first-order valence-electron chi connectivity index (χ1n) is 10.5. The third-order valence-corrected chi connectivity index (χ3v) is 7.08. The molecule has 7 heteroatoms. The molecule has 3 rings (SSSR count). The van der Waals surface area contributed by atoms with E-state index in [2.05, 4.69) is 18.7 Å². The van der Waals surface area contributed by atoms with Crippen LogP contribution in [0.2, 0.25) is 0 Å². The van der Waals surface area contributed by atoms with Crippen LogP contribution in [0.15, 0.2) is 52.9 Å². The van der Waals surface area contributed by atoms with Gasteiger partial charge in [-0.15, -0.1) is 11.8 Å². The fourth-order valence-electron chi connectivity index (χ4n) is 3.98. The fraction of sp³-hybridized carbons (Fsp3) is 0.320. The van der Waals surface area contributed by atoms with E-state index in [4.69, 9.17) is 10.4 Å². The number of rotatable bonds is 8. The molecule has 3 unspecified atom stereocenters. The summed E-state index contributed by atoms with van der Waals surface area (Å²) in [5.41, 5.74) is 3.55. The number of carboxylic acid groups (broad SMARTS) is 2. The van der Waals surface area contributed by atoms with Gasteiger partial charge in [-0.2, -0.15) is 5.26 Å². The lowest BCUT2D eigenvalue weighted by Crippen LogP contribution is -2.25. The van der Waals surface area contributed by atoms with Crippen molar-refractivity contribution in [3.63, 3.8) is 0 Å². The molecule has 0 saturated carbocycles. The molecule has 0 aromatic heterocycles. The maximum Gasteiger partial charge on any atom is 0.346 e. The number of thioether (sulfide) groups is 1. The van der Waals surface area contributed by atoms with Crippen molar-refractivity contribution in [3.8, 4) is 6.07 Å². The standard InChI is InChI=1S/C25H26N2O4S/c1-4-5-23(25(30)31)32-20-9-7-19(8-10-20)27-16(3)15(2)21-13-17(6-11-22(21)27)12-18(14-26)24(28)29/h6-13,15-16,23H,4-5H2,1-3H3,(H,28,29)(H,30,31)/b18-12+. The number of anilines is 2. The van der Waals surface area contributed by atoms with Crippen LogP contribution in [0.4, 0.5) is 11.4 Å². The summed E-state index contributed by atoms with van der Waals surface area (Å²) in [7, 11) is 0. The quantitative estimate of drug-likeness (QED) is 0.304. The monoisotopic (exact) mass is 450 g/mol. The Hall–Kier alpha value is -3.24. The van der Waals surface area contributed by atoms with E-state index in [-0.39, 0.29) is 17.5 Å². The minimum absolute atomic E-state index is 0.185. The van der Waals surface area contributed by atoms with Gasteiger partial charge in [0, 0.05) is 28.2 Å². The van der Waals surface area contributed by atoms with Gasteiger partial charge >= 0.3 is 11.9 Å². The maximum atomic E-state index is 11.5. The number of aliphatic carboxylic acids is 2. The minimum Gasteiger partial charge on any atom is -0.480 e. The molecule has 0 aliphatic carbocycles. The molecule has 1 heterocycles. The first-order valence-corrected chi connectivity index (χ1v) is 11.4. The Kier molecular flexibility index (Phi) is 7.26. The number of hydrogen-bond acceptors (Lipinski definition) is 5. The Morgan fingerprint density at radius 3 is 2.44 bits per heavy atom. The second kappa shape index (κ2) is 9.92. The fourth-order valence-corrected chi connectivity index (χ4v) is 5.05. The average Bonchev–Trinajstić information content (AvgIpc) is 3.02. The van der Waals surface area contributed by atoms with E-state index in [9.17, 15) is 14.7 Å². The zero-order valence-electron chi connectivity index (χ0n) is 18.3. The molecule has 0 amide bonds. The van der Waals surface area contributed by atoms with Crippen LogP contribution in [0.1, 0.15) is 50.7 Å². The number of hydrogen-bond donors (Lipinski definition) is 2. The molecule has 0 fully saturated rings. The van der Waals surface area contributed by atoms with E-state index in [1.165, 1.54) is 17.8 Å². The molecule has 1 aliphatic rings. The van der Waals surface area contributed by atoms with Crippen LogP contribution < -0.4 is 4.90 Å². The first kappa shape index (κ1) is 23.4. The van der Waals surface area contributed by atoms with E-state index in [1.807, 2.05) is 49.4 Å². The van der Waals surface area contributed by atoms with Crippen molar-refractivity contribution in [2.45, 2.75) is 55.7 Å². The van der Waals surface area contributed by atoms with Gasteiger partial charge in [0.25, 0.3) is 0 Å². The van der Waals surface area contributed by atoms with Crippen molar-refractivity contribution in [1.29, 1.82) is 5.26 Å². The predicted molar refractivity (Wildman–Crippen MR) is 126 cm³/mol. The zero-order valence-corrected chi connectivity index (χ0v) is 19.1. The Bertz CT molecular complexity index is 1090. The van der Waals surface area contributed by atoms with Gasteiger partial charge in [0.1, 0.15) is 16.9 Å². The van der Waals surface area contributed by atoms with E-state index in [0.717, 1.165) is 28.3 Å². The van der Waals surface area contributed by atoms with Crippen LogP contribution in [0, 0.1) is 11.3 Å². The Morgan fingerprint density at radius 2 is 1.88 bits per heavy atom. The highest BCUT2D eigenvalue weighted by Crippen LogP contribution is 2.45. The van der Waals surface area contributed by atoms with Crippen LogP contribution in [0.25, 0.3) is 6.08 Å². The van der Waals surface area contributed by atoms with E-state index >= 15 is 0 Å². The van der Waals surface area contributed by atoms with Gasteiger partial charge in [0.15, 0.2) is 0 Å². The summed E-state index contributed by atoms with van der Waals surface area (Å²) in [5, 5.41) is 27.1. The number of fused-ring (bicyclic) bond motifs is 1. The molecule has 6 nitrogen and oxygen atoms in total. The zero-order chi connectivity index (χ0) is 23.4. The molecule has 2 aromatic rings. The normalized spacial score (nSPS) is 18.7. The molecule has 0 saturated heterocycles. The number of benzene rings is 2. The molecule has 32 heavy (non-hydrogen) atoms. The number of carbonyl (C=O) groups is 2. The Labute approximate surface area is 192 Å². The third-order valence-electron chi connectivity index (χ3n) is 5.81. The SMILES string of the molecule is CCCC(Sc1ccc(N2c3ccc(/C=C(\C#N)C(=O)O)cc3C(C)C2C)cc1)C(=O)O. The molecule has 166 valence electrons. The van der Waals surface area contributed by atoms with E-state index in [0.29, 0.717) is 12.0 Å². The van der Waals surface area contributed by atoms with Crippen LogP contribution in [-0.2, 0) is 9.59 Å². The van der Waals surface area contributed by atoms with Crippen molar-refractivity contribution in [1.82, 2.24) is 0 Å².